The summed E-state index contributed by atoms with van der Waals surface area (Å²) in [5.41, 5.74) is 9.93. The van der Waals surface area contributed by atoms with E-state index in [9.17, 15) is 4.79 Å². The second-order valence-electron chi connectivity index (χ2n) is 8.07. The van der Waals surface area contributed by atoms with E-state index in [-0.39, 0.29) is 0 Å². The van der Waals surface area contributed by atoms with Crippen molar-refractivity contribution in [3.8, 4) is 11.6 Å². The third-order valence-electron chi connectivity index (χ3n) is 5.87. The third kappa shape index (κ3) is 5.36. The number of hydrogen-bond donors (Lipinski definition) is 2. The van der Waals surface area contributed by atoms with Gasteiger partial charge >= 0.3 is 0 Å². The quantitative estimate of drug-likeness (QED) is 0.669. The van der Waals surface area contributed by atoms with Gasteiger partial charge < -0.3 is 15.8 Å². The number of amides is 1. The molecule has 0 radical (unpaired) electrons. The minimum Gasteiger partial charge on any atom is -0.439 e. The minimum atomic E-state index is -0.491. The van der Waals surface area contributed by atoms with Crippen LogP contribution in [0.1, 0.15) is 53.6 Å². The van der Waals surface area contributed by atoms with Gasteiger partial charge in [-0.15, -0.1) is 0 Å². The average Bonchev–Trinajstić information content (AvgIpc) is 2.96. The van der Waals surface area contributed by atoms with E-state index in [1.807, 2.05) is 6.07 Å². The van der Waals surface area contributed by atoms with Gasteiger partial charge in [-0.3, -0.25) is 4.79 Å². The molecule has 1 aromatic heterocycles. The largest absolute Gasteiger partial charge is 0.439 e. The number of nitrogens with one attached hydrogen (secondary N) is 1. The highest BCUT2D eigenvalue weighted by Crippen LogP contribution is 2.27. The van der Waals surface area contributed by atoms with Crippen LogP contribution in [0, 0.1) is 0 Å². The second kappa shape index (κ2) is 9.72. The SMILES string of the molecule is NC(=O)c1ccc(Oc2ccc3c(c2)CCCC(NCCC2=CC=CCC2)C3)nc1. The normalized spacial score (nSPS) is 18.3. The van der Waals surface area contributed by atoms with Crippen LogP contribution in [-0.4, -0.2) is 23.5 Å². The molecule has 3 N–H and O–H groups in total. The fourth-order valence-electron chi connectivity index (χ4n) is 4.18. The van der Waals surface area contributed by atoms with Gasteiger partial charge in [-0.05, 0) is 80.8 Å². The Bertz CT molecular complexity index is 947. The zero-order valence-corrected chi connectivity index (χ0v) is 17.3. The van der Waals surface area contributed by atoms with Crippen LogP contribution in [0.5, 0.6) is 11.6 Å². The molecule has 156 valence electrons. The van der Waals surface area contributed by atoms with Crippen LogP contribution in [0.2, 0.25) is 0 Å². The summed E-state index contributed by atoms with van der Waals surface area (Å²) in [6.45, 7) is 1.05. The summed E-state index contributed by atoms with van der Waals surface area (Å²) in [7, 11) is 0. The maximum Gasteiger partial charge on any atom is 0.250 e. The summed E-state index contributed by atoms with van der Waals surface area (Å²) < 4.78 is 5.89. The van der Waals surface area contributed by atoms with Crippen LogP contribution >= 0.6 is 0 Å². The number of hydrogen-bond acceptors (Lipinski definition) is 4. The van der Waals surface area contributed by atoms with Gasteiger partial charge in [-0.1, -0.05) is 29.9 Å². The molecule has 1 aromatic carbocycles. The van der Waals surface area contributed by atoms with Crippen molar-refractivity contribution in [2.45, 2.75) is 51.0 Å². The Balaban J connectivity index is 1.35. The summed E-state index contributed by atoms with van der Waals surface area (Å²) >= 11 is 0. The topological polar surface area (TPSA) is 77.2 Å². The van der Waals surface area contributed by atoms with Gasteiger partial charge in [0, 0.05) is 18.3 Å². The Kier molecular flexibility index (Phi) is 6.60. The number of nitrogens with zero attached hydrogens (tertiary/aromatic N) is 1. The molecule has 30 heavy (non-hydrogen) atoms. The number of aromatic nitrogens is 1. The number of carbonyl (C=O) groups excluding carboxylic acids is 1. The minimum absolute atomic E-state index is 0.374. The van der Waals surface area contributed by atoms with Crippen LogP contribution in [0.25, 0.3) is 0 Å². The first kappa shape index (κ1) is 20.4. The van der Waals surface area contributed by atoms with E-state index in [2.05, 4.69) is 40.7 Å². The van der Waals surface area contributed by atoms with Crippen LogP contribution in [0.3, 0.4) is 0 Å². The Morgan fingerprint density at radius 3 is 2.90 bits per heavy atom. The van der Waals surface area contributed by atoms with Gasteiger partial charge in [-0.25, -0.2) is 4.98 Å². The zero-order chi connectivity index (χ0) is 20.8. The molecule has 2 aliphatic rings. The number of carbonyl (C=O) groups is 1. The third-order valence-corrected chi connectivity index (χ3v) is 5.87. The van der Waals surface area contributed by atoms with Crippen LogP contribution in [0.15, 0.2) is 60.3 Å². The molecule has 1 heterocycles. The van der Waals surface area contributed by atoms with Crippen LogP contribution < -0.4 is 15.8 Å². The molecule has 4 rings (SSSR count). The Morgan fingerprint density at radius 2 is 2.13 bits per heavy atom. The Hall–Kier alpha value is -2.92. The van der Waals surface area contributed by atoms with Gasteiger partial charge in [0.15, 0.2) is 0 Å². The summed E-state index contributed by atoms with van der Waals surface area (Å²) in [5, 5.41) is 3.77. The molecule has 0 saturated heterocycles. The molecular formula is C25H29N3O2. The molecule has 2 aromatic rings. The summed E-state index contributed by atoms with van der Waals surface area (Å²) in [6.07, 6.45) is 16.1. The Morgan fingerprint density at radius 1 is 1.20 bits per heavy atom. The maximum atomic E-state index is 11.2. The standard InChI is InChI=1S/C25H29N3O2/c26-25(29)21-10-12-24(28-17-21)30-23-11-9-20-15-22(8-4-7-19(20)16-23)27-14-13-18-5-2-1-3-6-18/h1-2,5,9-12,16-17,22,27H,3-4,6-8,13-15H2,(H2,26,29). The fraction of sp³-hybridized carbons (Fsp3) is 0.360. The first-order valence-electron chi connectivity index (χ1n) is 10.8. The molecule has 1 amide bonds. The van der Waals surface area contributed by atoms with E-state index < -0.39 is 5.91 Å². The highest BCUT2D eigenvalue weighted by molar-refractivity contribution is 5.92. The van der Waals surface area contributed by atoms with Gasteiger partial charge in [0.2, 0.25) is 11.8 Å². The van der Waals surface area contributed by atoms with E-state index in [0.717, 1.165) is 31.6 Å². The highest BCUT2D eigenvalue weighted by atomic mass is 16.5. The number of ether oxygens (including phenoxy) is 1. The summed E-state index contributed by atoms with van der Waals surface area (Å²) in [5.74, 6) is 0.742. The van der Waals surface area contributed by atoms with E-state index in [1.54, 1.807) is 17.7 Å². The van der Waals surface area contributed by atoms with Crippen molar-refractivity contribution >= 4 is 5.91 Å². The van der Waals surface area contributed by atoms with Crippen LogP contribution in [0.4, 0.5) is 0 Å². The monoisotopic (exact) mass is 403 g/mol. The second-order valence-corrected chi connectivity index (χ2v) is 8.07. The number of rotatable bonds is 7. The van der Waals surface area contributed by atoms with E-state index in [4.69, 9.17) is 10.5 Å². The smallest absolute Gasteiger partial charge is 0.250 e. The first-order valence-corrected chi connectivity index (χ1v) is 10.8. The molecule has 0 bridgehead atoms. The highest BCUT2D eigenvalue weighted by Gasteiger charge is 2.17. The van der Waals surface area contributed by atoms with E-state index >= 15 is 0 Å². The number of benzene rings is 1. The maximum absolute atomic E-state index is 11.2. The van der Waals surface area contributed by atoms with Gasteiger partial charge in [0.1, 0.15) is 5.75 Å². The van der Waals surface area contributed by atoms with Crippen molar-refractivity contribution in [3.63, 3.8) is 0 Å². The molecule has 0 fully saturated rings. The molecule has 0 aliphatic heterocycles. The lowest BCUT2D eigenvalue weighted by Crippen LogP contribution is -2.31. The average molecular weight is 404 g/mol. The lowest BCUT2D eigenvalue weighted by Gasteiger charge is -2.18. The van der Waals surface area contributed by atoms with E-state index in [0.29, 0.717) is 17.5 Å². The lowest BCUT2D eigenvalue weighted by atomic mass is 10.0. The van der Waals surface area contributed by atoms with Gasteiger partial charge in [0.05, 0.1) is 5.56 Å². The number of aryl methyl sites for hydroxylation is 1. The van der Waals surface area contributed by atoms with E-state index in [1.165, 1.54) is 43.0 Å². The predicted octanol–water partition coefficient (Wildman–Crippen LogP) is 4.48. The number of nitrogens with two attached hydrogens (primary N) is 1. The van der Waals surface area contributed by atoms with Crippen molar-refractivity contribution in [2.75, 3.05) is 6.54 Å². The fourth-order valence-corrected chi connectivity index (χ4v) is 4.18. The molecule has 2 aliphatic carbocycles. The molecule has 5 nitrogen and oxygen atoms in total. The Labute approximate surface area is 178 Å². The number of pyridine rings is 1. The van der Waals surface area contributed by atoms with Crippen molar-refractivity contribution < 1.29 is 9.53 Å². The van der Waals surface area contributed by atoms with Crippen molar-refractivity contribution in [2.24, 2.45) is 5.73 Å². The van der Waals surface area contributed by atoms with Gasteiger partial charge in [-0.2, -0.15) is 0 Å². The molecular weight excluding hydrogens is 374 g/mol. The molecule has 0 saturated carbocycles. The predicted molar refractivity (Wildman–Crippen MR) is 119 cm³/mol. The summed E-state index contributed by atoms with van der Waals surface area (Å²) in [4.78, 5) is 15.3. The molecule has 1 atom stereocenters. The number of primary amides is 1. The number of allylic oxidation sites excluding steroid dienone is 3. The number of fused-ring (bicyclic) bond motifs is 1. The molecule has 5 heteroatoms. The summed E-state index contributed by atoms with van der Waals surface area (Å²) in [6, 6.07) is 10.1. The first-order chi connectivity index (χ1) is 14.7. The van der Waals surface area contributed by atoms with Crippen LogP contribution in [-0.2, 0) is 12.8 Å². The van der Waals surface area contributed by atoms with Gasteiger partial charge in [0.25, 0.3) is 0 Å². The van der Waals surface area contributed by atoms with Crippen molar-refractivity contribution in [1.82, 2.24) is 10.3 Å². The lowest BCUT2D eigenvalue weighted by molar-refractivity contribution is 0.1000. The molecule has 0 spiro atoms. The molecule has 1 unspecified atom stereocenters. The zero-order valence-electron chi connectivity index (χ0n) is 17.3. The van der Waals surface area contributed by atoms with Crippen molar-refractivity contribution in [1.29, 1.82) is 0 Å². The van der Waals surface area contributed by atoms with Crippen molar-refractivity contribution in [3.05, 3.63) is 77.0 Å².